The van der Waals surface area contributed by atoms with Gasteiger partial charge in [-0.25, -0.2) is 4.98 Å². The van der Waals surface area contributed by atoms with Gasteiger partial charge in [0.2, 0.25) is 0 Å². The normalized spacial score (nSPS) is 11.6. The molecular formula is C13H9N5O. The molecule has 4 rings (SSSR count). The van der Waals surface area contributed by atoms with E-state index in [4.69, 9.17) is 0 Å². The SMILES string of the molecule is Cc1ccnc2cc3c(ccc4nn(O)nc43)nc12. The summed E-state index contributed by atoms with van der Waals surface area (Å²) in [6.45, 7) is 2.01. The minimum absolute atomic E-state index is 0.581. The van der Waals surface area contributed by atoms with Crippen molar-refractivity contribution in [2.75, 3.05) is 0 Å². The van der Waals surface area contributed by atoms with Crippen LogP contribution in [0.5, 0.6) is 0 Å². The topological polar surface area (TPSA) is 76.7 Å². The van der Waals surface area contributed by atoms with Crippen LogP contribution in [0.25, 0.3) is 33.0 Å². The Bertz CT molecular complexity index is 944. The molecule has 0 amide bonds. The van der Waals surface area contributed by atoms with Crippen LogP contribution in [0.2, 0.25) is 0 Å². The smallest absolute Gasteiger partial charge is 0.126 e. The first-order valence-electron chi connectivity index (χ1n) is 5.84. The molecule has 1 N–H and O–H groups in total. The van der Waals surface area contributed by atoms with Crippen molar-refractivity contribution in [2.45, 2.75) is 6.92 Å². The minimum Gasteiger partial charge on any atom is -0.396 e. The molecule has 0 fully saturated rings. The van der Waals surface area contributed by atoms with Crippen LogP contribution >= 0.6 is 0 Å². The van der Waals surface area contributed by atoms with Crippen LogP contribution in [0, 0.1) is 6.92 Å². The summed E-state index contributed by atoms with van der Waals surface area (Å²) in [5, 5.41) is 18.0. The lowest BCUT2D eigenvalue weighted by Crippen LogP contribution is -1.93. The number of pyridine rings is 2. The lowest BCUT2D eigenvalue weighted by Gasteiger charge is -2.03. The van der Waals surface area contributed by atoms with Gasteiger partial charge in [0.25, 0.3) is 0 Å². The molecule has 0 atom stereocenters. The van der Waals surface area contributed by atoms with Crippen molar-refractivity contribution >= 4 is 33.0 Å². The van der Waals surface area contributed by atoms with Gasteiger partial charge in [-0.15, -0.1) is 10.2 Å². The molecule has 0 aliphatic heterocycles. The molecular weight excluding hydrogens is 242 g/mol. The molecule has 19 heavy (non-hydrogen) atoms. The third-order valence-corrected chi connectivity index (χ3v) is 3.23. The van der Waals surface area contributed by atoms with E-state index >= 15 is 0 Å². The van der Waals surface area contributed by atoms with Gasteiger partial charge < -0.3 is 5.21 Å². The Hall–Kier alpha value is -2.76. The van der Waals surface area contributed by atoms with Crippen molar-refractivity contribution in [1.82, 2.24) is 25.1 Å². The van der Waals surface area contributed by atoms with Crippen LogP contribution in [-0.2, 0) is 0 Å². The van der Waals surface area contributed by atoms with E-state index < -0.39 is 0 Å². The number of fused-ring (bicyclic) bond motifs is 4. The first-order chi connectivity index (χ1) is 9.22. The molecule has 92 valence electrons. The fraction of sp³-hybridized carbons (Fsp3) is 0.0769. The number of aryl methyl sites for hydroxylation is 1. The van der Waals surface area contributed by atoms with E-state index in [0.717, 1.165) is 27.5 Å². The summed E-state index contributed by atoms with van der Waals surface area (Å²) in [7, 11) is 0. The molecule has 0 saturated heterocycles. The summed E-state index contributed by atoms with van der Waals surface area (Å²) in [6.07, 6.45) is 1.76. The van der Waals surface area contributed by atoms with E-state index in [0.29, 0.717) is 16.0 Å². The van der Waals surface area contributed by atoms with Gasteiger partial charge in [-0.2, -0.15) is 0 Å². The number of hydrogen-bond acceptors (Lipinski definition) is 5. The zero-order chi connectivity index (χ0) is 13.0. The second-order valence-corrected chi connectivity index (χ2v) is 4.45. The van der Waals surface area contributed by atoms with Gasteiger partial charge in [0.05, 0.1) is 16.6 Å². The molecule has 1 aromatic carbocycles. The average Bonchev–Trinajstić information content (AvgIpc) is 2.78. The molecule has 3 aromatic heterocycles. The van der Waals surface area contributed by atoms with Crippen LogP contribution in [0.3, 0.4) is 0 Å². The van der Waals surface area contributed by atoms with Crippen molar-refractivity contribution in [3.63, 3.8) is 0 Å². The summed E-state index contributed by atoms with van der Waals surface area (Å²) in [6, 6.07) is 7.53. The Morgan fingerprint density at radius 2 is 1.84 bits per heavy atom. The zero-order valence-electron chi connectivity index (χ0n) is 10.1. The highest BCUT2D eigenvalue weighted by Gasteiger charge is 2.10. The molecule has 6 heteroatoms. The maximum atomic E-state index is 9.33. The third kappa shape index (κ3) is 1.36. The Kier molecular flexibility index (Phi) is 1.81. The Morgan fingerprint density at radius 3 is 2.74 bits per heavy atom. The van der Waals surface area contributed by atoms with Gasteiger partial charge in [0, 0.05) is 11.6 Å². The molecule has 0 saturated carbocycles. The number of hydrogen-bond donors (Lipinski definition) is 1. The molecule has 0 aliphatic rings. The second-order valence-electron chi connectivity index (χ2n) is 4.45. The van der Waals surface area contributed by atoms with E-state index in [9.17, 15) is 5.21 Å². The summed E-state index contributed by atoms with van der Waals surface area (Å²) < 4.78 is 0. The number of nitrogens with zero attached hydrogens (tertiary/aromatic N) is 5. The highest BCUT2D eigenvalue weighted by Crippen LogP contribution is 2.25. The summed E-state index contributed by atoms with van der Waals surface area (Å²) in [5.74, 6) is 0. The molecule has 0 spiro atoms. The monoisotopic (exact) mass is 251 g/mol. The Morgan fingerprint density at radius 1 is 1.00 bits per heavy atom. The fourth-order valence-corrected chi connectivity index (χ4v) is 2.30. The molecule has 3 heterocycles. The van der Waals surface area contributed by atoms with Crippen molar-refractivity contribution in [3.8, 4) is 0 Å². The molecule has 4 aromatic rings. The molecule has 0 unspecified atom stereocenters. The fourth-order valence-electron chi connectivity index (χ4n) is 2.30. The number of benzene rings is 1. The second kappa shape index (κ2) is 3.38. The van der Waals surface area contributed by atoms with Gasteiger partial charge in [-0.1, -0.05) is 0 Å². The Labute approximate surface area is 107 Å². The van der Waals surface area contributed by atoms with E-state index in [-0.39, 0.29) is 0 Å². The quantitative estimate of drug-likeness (QED) is 0.382. The zero-order valence-corrected chi connectivity index (χ0v) is 10.1. The van der Waals surface area contributed by atoms with Crippen LogP contribution in [0.15, 0.2) is 30.5 Å². The summed E-state index contributed by atoms with van der Waals surface area (Å²) in [4.78, 5) is 9.52. The van der Waals surface area contributed by atoms with Crippen molar-refractivity contribution in [1.29, 1.82) is 0 Å². The highest BCUT2D eigenvalue weighted by atomic mass is 16.5. The lowest BCUT2D eigenvalue weighted by atomic mass is 10.1. The number of rotatable bonds is 0. The first kappa shape index (κ1) is 10.2. The lowest BCUT2D eigenvalue weighted by molar-refractivity contribution is 0.113. The maximum Gasteiger partial charge on any atom is 0.126 e. The average molecular weight is 251 g/mol. The van der Waals surface area contributed by atoms with Crippen molar-refractivity contribution in [3.05, 3.63) is 36.0 Å². The molecule has 0 radical (unpaired) electrons. The van der Waals surface area contributed by atoms with Crippen LogP contribution in [0.4, 0.5) is 0 Å². The predicted octanol–water partition coefficient (Wildman–Crippen LogP) is 2.07. The van der Waals surface area contributed by atoms with E-state index in [1.807, 2.05) is 25.1 Å². The molecule has 6 nitrogen and oxygen atoms in total. The maximum absolute atomic E-state index is 9.33. The predicted molar refractivity (Wildman–Crippen MR) is 70.1 cm³/mol. The molecule has 0 bridgehead atoms. The van der Waals surface area contributed by atoms with Gasteiger partial charge in [-0.3, -0.25) is 4.98 Å². The van der Waals surface area contributed by atoms with Gasteiger partial charge in [0.15, 0.2) is 0 Å². The largest absolute Gasteiger partial charge is 0.396 e. The van der Waals surface area contributed by atoms with Gasteiger partial charge in [-0.05, 0) is 41.7 Å². The standard InChI is InChI=1S/C13H9N5O/c1-7-4-5-14-11-6-8-9(15-12(7)11)2-3-10-13(8)17-18(19)16-10/h2-6,19H,1H3. The van der Waals surface area contributed by atoms with E-state index in [2.05, 4.69) is 20.2 Å². The van der Waals surface area contributed by atoms with Crippen LogP contribution < -0.4 is 0 Å². The summed E-state index contributed by atoms with van der Waals surface area (Å²) >= 11 is 0. The third-order valence-electron chi connectivity index (χ3n) is 3.23. The minimum atomic E-state index is 0.581. The summed E-state index contributed by atoms with van der Waals surface area (Å²) in [5.41, 5.74) is 4.84. The van der Waals surface area contributed by atoms with Crippen molar-refractivity contribution in [2.24, 2.45) is 0 Å². The first-order valence-corrected chi connectivity index (χ1v) is 5.84. The van der Waals surface area contributed by atoms with E-state index in [1.54, 1.807) is 12.3 Å². The van der Waals surface area contributed by atoms with Crippen molar-refractivity contribution < 1.29 is 5.21 Å². The van der Waals surface area contributed by atoms with Gasteiger partial charge >= 0.3 is 0 Å². The highest BCUT2D eigenvalue weighted by molar-refractivity contribution is 6.06. The number of aromatic nitrogens is 5. The van der Waals surface area contributed by atoms with Crippen LogP contribution in [0.1, 0.15) is 5.56 Å². The Balaban J connectivity index is 2.25. The van der Waals surface area contributed by atoms with E-state index in [1.165, 1.54) is 0 Å². The molecule has 0 aliphatic carbocycles. The van der Waals surface area contributed by atoms with Gasteiger partial charge in [0.1, 0.15) is 11.0 Å². The van der Waals surface area contributed by atoms with Crippen LogP contribution in [-0.4, -0.2) is 30.3 Å².